The highest BCUT2D eigenvalue weighted by Gasteiger charge is 2.44. The molecule has 0 spiro atoms. The van der Waals surface area contributed by atoms with Gasteiger partial charge in [-0.05, 0) is 81.9 Å². The number of carbonyl (C=O) groups is 17. The average Bonchev–Trinajstić information content (AvgIpc) is 1.76. The molecule has 17 amide bonds. The van der Waals surface area contributed by atoms with Crippen LogP contribution < -0.4 is 75.7 Å². The van der Waals surface area contributed by atoms with Gasteiger partial charge in [-0.3, -0.25) is 86.9 Å². The minimum absolute atomic E-state index is 0.00407. The summed E-state index contributed by atoms with van der Waals surface area (Å²) in [4.78, 5) is 259. The van der Waals surface area contributed by atoms with Gasteiger partial charge >= 0.3 is 0 Å². The number of likely N-dealkylation sites (N-methyl/N-ethyl adjacent to an activating group) is 4. The normalized spacial score (nSPS) is 24.3. The minimum Gasteiger partial charge on any atom is -0.394 e. The standard InChI is InChI=1S/C81H121N23O18S/c1-11-13-27-61-74(116)93-53(26-20-30-87-81(84)85)71(113)99-60(70(112)89-39-65(83)107)42-123-43-67(109)92-56(33-48-22-16-15-17-23-48)77(119)101(8)47(6)69(111)95-58(36-64(82)106)79(121)104-31-21-29-62(104)75(117)94-54(35-50-38-86-44-90-50)72(114)96-55(32-45(3)4)76(118)100(7)40-66(108)91-46(5)68(110)98-59(41-105)73(115)97-57(34-49-37-88-52-25-19-18-24-51(49)52)78(120)103(10)63(28-14-12-2)80(122)102(61)9/h15-19,22-25,37-38,44-47,53-63,88,105H,11-14,20-21,26-36,39-43H2,1-10H3,(H2,82,106)(H2,83,107)(H,86,90)(H,89,112)(H,91,108)(H,92,109)(H,93,116)(H,94,117)(H,95,111)(H,96,114)(H,97,115)(H,98,110)(H,99,113)(H4,84,85,87)/t46-,47-,53-,54-,55-,56-,57-,58-,59-,60-,61-,62?,63-/m0/s1. The second-order valence-electron chi connectivity index (χ2n) is 31.3. The van der Waals surface area contributed by atoms with Crippen LogP contribution in [0.2, 0.25) is 0 Å². The van der Waals surface area contributed by atoms with Crippen LogP contribution in [0.5, 0.6) is 0 Å². The molecule has 21 N–H and O–H groups in total. The Morgan fingerprint density at radius 1 is 0.585 bits per heavy atom. The molecular weight excluding hydrogens is 1620 g/mol. The Morgan fingerprint density at radius 3 is 1.83 bits per heavy atom. The van der Waals surface area contributed by atoms with Crippen LogP contribution in [0.3, 0.4) is 0 Å². The molecule has 2 aromatic heterocycles. The van der Waals surface area contributed by atoms with E-state index >= 15 is 14.4 Å². The number of primary amides is 2. The smallest absolute Gasteiger partial charge is 0.246 e. The predicted molar refractivity (Wildman–Crippen MR) is 453 cm³/mol. The Morgan fingerprint density at radius 2 is 1.19 bits per heavy atom. The maximum absolute atomic E-state index is 15.4. The first-order valence-corrected chi connectivity index (χ1v) is 42.3. The Labute approximate surface area is 717 Å². The number of unbranched alkanes of at least 4 members (excludes halogenated alkanes) is 2. The number of carbonyl (C=O) groups excluding carboxylic acids is 17. The van der Waals surface area contributed by atoms with Gasteiger partial charge in [-0.1, -0.05) is 102 Å². The van der Waals surface area contributed by atoms with Crippen molar-refractivity contribution in [3.05, 3.63) is 90.1 Å². The fourth-order valence-corrected chi connectivity index (χ4v) is 15.1. The number of guanidine groups is 1. The van der Waals surface area contributed by atoms with Gasteiger partial charge < -0.3 is 115 Å². The molecule has 2 aromatic carbocycles. The number of aliphatic hydroxyl groups excluding tert-OH is 1. The minimum atomic E-state index is -1.78. The van der Waals surface area contributed by atoms with Gasteiger partial charge in [0.25, 0.3) is 0 Å². The zero-order chi connectivity index (χ0) is 90.9. The summed E-state index contributed by atoms with van der Waals surface area (Å²) in [5.74, 6) is -17.0. The molecule has 0 saturated carbocycles. The average molecular weight is 1740 g/mol. The summed E-state index contributed by atoms with van der Waals surface area (Å²) in [5.41, 5.74) is 18.8. The van der Waals surface area contributed by atoms with Crippen LogP contribution >= 0.6 is 11.8 Å². The Hall–Kier alpha value is -12.2. The first-order chi connectivity index (χ1) is 58.4. The lowest BCUT2D eigenvalue weighted by Gasteiger charge is -2.36. The number of nitrogens with two attached hydrogens (primary N) is 3. The zero-order valence-electron chi connectivity index (χ0n) is 71.3. The molecule has 0 bridgehead atoms. The number of amides is 17. The van der Waals surface area contributed by atoms with Crippen molar-refractivity contribution in [2.45, 2.75) is 216 Å². The largest absolute Gasteiger partial charge is 0.394 e. The van der Waals surface area contributed by atoms with E-state index in [1.807, 2.05) is 13.8 Å². The van der Waals surface area contributed by atoms with E-state index in [2.05, 4.69) is 73.4 Å². The molecule has 1 unspecified atom stereocenters. The second-order valence-corrected chi connectivity index (χ2v) is 32.3. The number of nitrogens with one attached hydrogen (secondary N) is 14. The van der Waals surface area contributed by atoms with Crippen LogP contribution in [-0.2, 0) is 101 Å². The molecular formula is C81H121N23O18S. The second kappa shape index (κ2) is 49.0. The van der Waals surface area contributed by atoms with E-state index in [0.29, 0.717) is 53.4 Å². The van der Waals surface area contributed by atoms with Crippen LogP contribution in [0.15, 0.2) is 73.3 Å². The SMILES string of the molecule is CCCC[C@H]1C(=O)N(C)[C@@H](CCCC)C(=O)N[C@@H](CCCNC(=N)N)C(=O)N[C@H](C(=O)NCC(N)=O)CSCC(=O)N[C@@H](Cc2ccccc2)C(=O)N(C)[C@@H](C)C(=O)N[C@@H](CC(N)=O)C(=O)N2CCCC2C(=O)N[C@@H](Cc2cnc[nH]2)C(=O)N[C@@H](CC(C)C)C(=O)N(C)CC(=O)N[C@@H](C)C(=O)N[C@@H](CO)C(=O)N[C@@H](Cc2c[nH]c3ccccc23)C(=O)N1C. The highest BCUT2D eigenvalue weighted by molar-refractivity contribution is 8.00. The van der Waals surface area contributed by atoms with Crippen LogP contribution in [0.1, 0.15) is 135 Å². The van der Waals surface area contributed by atoms with Crippen molar-refractivity contribution in [3.8, 4) is 0 Å². The van der Waals surface area contributed by atoms with Crippen molar-refractivity contribution in [3.63, 3.8) is 0 Å². The summed E-state index contributed by atoms with van der Waals surface area (Å²) < 4.78 is 0. The molecule has 2 aliphatic heterocycles. The number of para-hydroxylation sites is 1. The number of H-pyrrole nitrogens is 2. The molecule has 2 saturated heterocycles. The molecule has 674 valence electrons. The summed E-state index contributed by atoms with van der Waals surface area (Å²) in [6, 6.07) is -3.82. The summed E-state index contributed by atoms with van der Waals surface area (Å²) in [7, 11) is 5.22. The number of thioether (sulfide) groups is 1. The lowest BCUT2D eigenvalue weighted by Crippen LogP contribution is -2.61. The molecule has 6 rings (SSSR count). The predicted octanol–water partition coefficient (Wildman–Crippen LogP) is -3.84. The number of rotatable bonds is 24. The van der Waals surface area contributed by atoms with E-state index < -0.39 is 223 Å². The van der Waals surface area contributed by atoms with Crippen molar-refractivity contribution in [2.75, 3.05) is 72.5 Å². The van der Waals surface area contributed by atoms with Gasteiger partial charge in [0.05, 0.1) is 38.2 Å². The zero-order valence-corrected chi connectivity index (χ0v) is 72.1. The van der Waals surface area contributed by atoms with Crippen LogP contribution in [0.4, 0.5) is 0 Å². The highest BCUT2D eigenvalue weighted by atomic mass is 32.2. The number of hydrogen-bond acceptors (Lipinski definition) is 21. The lowest BCUT2D eigenvalue weighted by molar-refractivity contribution is -0.149. The van der Waals surface area contributed by atoms with Gasteiger partial charge in [-0.2, -0.15) is 0 Å². The van der Waals surface area contributed by atoms with E-state index in [1.54, 1.807) is 74.6 Å². The number of nitrogens with zero attached hydrogens (tertiary/aromatic N) is 6. The third kappa shape index (κ3) is 30.4. The first kappa shape index (κ1) is 99.6. The fourth-order valence-electron chi connectivity index (χ4n) is 14.2. The number of aromatic nitrogens is 3. The maximum atomic E-state index is 15.4. The number of benzene rings is 2. The third-order valence-corrected chi connectivity index (χ3v) is 22.2. The molecule has 2 aliphatic rings. The van der Waals surface area contributed by atoms with E-state index in [1.165, 1.54) is 54.6 Å². The number of aliphatic hydroxyl groups is 1. The molecule has 123 heavy (non-hydrogen) atoms. The van der Waals surface area contributed by atoms with Gasteiger partial charge in [0.1, 0.15) is 78.5 Å². The molecule has 2 fully saturated rings. The van der Waals surface area contributed by atoms with Gasteiger partial charge in [0.2, 0.25) is 100 Å². The quantitative estimate of drug-likeness (QED) is 0.0181. The molecule has 0 aliphatic carbocycles. The molecule has 4 heterocycles. The summed E-state index contributed by atoms with van der Waals surface area (Å²) in [5, 5.41) is 47.8. The molecule has 42 heteroatoms. The van der Waals surface area contributed by atoms with Crippen molar-refractivity contribution < 1.29 is 86.6 Å². The van der Waals surface area contributed by atoms with E-state index in [9.17, 15) is 72.2 Å². The van der Waals surface area contributed by atoms with Gasteiger partial charge in [0, 0.05) is 95.3 Å². The molecule has 0 radical (unpaired) electrons. The van der Waals surface area contributed by atoms with Gasteiger partial charge in [0.15, 0.2) is 5.96 Å². The van der Waals surface area contributed by atoms with E-state index in [4.69, 9.17) is 22.6 Å². The van der Waals surface area contributed by atoms with Crippen LogP contribution in [-0.4, -0.2) is 302 Å². The Bertz CT molecular complexity index is 4360. The highest BCUT2D eigenvalue weighted by Crippen LogP contribution is 2.25. The van der Waals surface area contributed by atoms with Crippen LogP contribution in [0.25, 0.3) is 10.9 Å². The van der Waals surface area contributed by atoms with E-state index in [0.717, 1.165) is 36.3 Å². The van der Waals surface area contributed by atoms with Crippen LogP contribution in [0, 0.1) is 11.3 Å². The van der Waals surface area contributed by atoms with E-state index in [-0.39, 0.29) is 83.2 Å². The topological polar surface area (TPSA) is 605 Å². The monoisotopic (exact) mass is 1740 g/mol. The summed E-state index contributed by atoms with van der Waals surface area (Å²) >= 11 is 0.796. The summed E-state index contributed by atoms with van der Waals surface area (Å²) in [6.45, 7) is 7.26. The molecule has 4 aromatic rings. The fraction of sp³-hybridized carbons (Fsp3) is 0.568. The number of hydrogen-bond donors (Lipinski definition) is 18. The Kier molecular flexibility index (Phi) is 39.7. The number of aromatic amines is 2. The van der Waals surface area contributed by atoms with Gasteiger partial charge in [-0.25, -0.2) is 4.98 Å². The first-order valence-electron chi connectivity index (χ1n) is 41.1. The van der Waals surface area contributed by atoms with Crippen molar-refractivity contribution in [1.82, 2.24) is 97.9 Å². The third-order valence-electron chi connectivity index (χ3n) is 21.2. The van der Waals surface area contributed by atoms with Crippen molar-refractivity contribution >= 4 is 129 Å². The number of fused-ring (bicyclic) bond motifs is 2. The Balaban J connectivity index is 1.41. The molecule has 13 atom stereocenters. The lowest BCUT2D eigenvalue weighted by atomic mass is 10.00. The number of imidazole rings is 1. The van der Waals surface area contributed by atoms with Crippen molar-refractivity contribution in [1.29, 1.82) is 5.41 Å². The van der Waals surface area contributed by atoms with Crippen molar-refractivity contribution in [2.24, 2.45) is 23.1 Å². The molecule has 41 nitrogen and oxygen atoms in total. The summed E-state index contributed by atoms with van der Waals surface area (Å²) in [6.07, 6.45) is 4.79. The maximum Gasteiger partial charge on any atom is 0.246 e. The van der Waals surface area contributed by atoms with Gasteiger partial charge in [-0.15, -0.1) is 11.8 Å².